The molecule has 5 heteroatoms. The lowest BCUT2D eigenvalue weighted by atomic mass is 10.2. The SMILES string of the molecule is Cc1noc(C)c1COc1ccc(F)cc1Br. The van der Waals surface area contributed by atoms with E-state index in [1.165, 1.54) is 12.1 Å². The summed E-state index contributed by atoms with van der Waals surface area (Å²) in [4.78, 5) is 0. The van der Waals surface area contributed by atoms with Gasteiger partial charge >= 0.3 is 0 Å². The molecule has 2 aromatic rings. The highest BCUT2D eigenvalue weighted by Crippen LogP contribution is 2.27. The van der Waals surface area contributed by atoms with E-state index in [-0.39, 0.29) is 5.82 Å². The lowest BCUT2D eigenvalue weighted by Gasteiger charge is -2.07. The molecule has 0 aliphatic heterocycles. The molecule has 0 saturated carbocycles. The Bertz CT molecular complexity index is 520. The average Bonchev–Trinajstić information content (AvgIpc) is 2.58. The Morgan fingerprint density at radius 3 is 2.76 bits per heavy atom. The summed E-state index contributed by atoms with van der Waals surface area (Å²) in [7, 11) is 0. The Labute approximate surface area is 107 Å². The number of benzene rings is 1. The number of nitrogens with zero attached hydrogens (tertiary/aromatic N) is 1. The highest BCUT2D eigenvalue weighted by molar-refractivity contribution is 9.10. The summed E-state index contributed by atoms with van der Waals surface area (Å²) in [6, 6.07) is 4.30. The van der Waals surface area contributed by atoms with Crippen molar-refractivity contribution < 1.29 is 13.7 Å². The van der Waals surface area contributed by atoms with Gasteiger partial charge in [0.2, 0.25) is 0 Å². The zero-order valence-corrected chi connectivity index (χ0v) is 11.0. The van der Waals surface area contributed by atoms with Crippen LogP contribution in [0.3, 0.4) is 0 Å². The van der Waals surface area contributed by atoms with Crippen molar-refractivity contribution in [3.63, 3.8) is 0 Å². The molecule has 1 aromatic carbocycles. The monoisotopic (exact) mass is 299 g/mol. The van der Waals surface area contributed by atoms with Crippen molar-refractivity contribution in [3.05, 3.63) is 45.5 Å². The number of aromatic nitrogens is 1. The smallest absolute Gasteiger partial charge is 0.140 e. The number of ether oxygens (including phenoxy) is 1. The Hall–Kier alpha value is -1.36. The first kappa shape index (κ1) is 12.1. The minimum Gasteiger partial charge on any atom is -0.488 e. The first-order valence-corrected chi connectivity index (χ1v) is 5.87. The zero-order chi connectivity index (χ0) is 12.4. The van der Waals surface area contributed by atoms with Crippen molar-refractivity contribution in [2.24, 2.45) is 0 Å². The third-order valence-electron chi connectivity index (χ3n) is 2.45. The van der Waals surface area contributed by atoms with Crippen LogP contribution in [0.1, 0.15) is 17.0 Å². The minimum atomic E-state index is -0.304. The Morgan fingerprint density at radius 1 is 1.41 bits per heavy atom. The van der Waals surface area contributed by atoms with Crippen LogP contribution in [-0.4, -0.2) is 5.16 Å². The summed E-state index contributed by atoms with van der Waals surface area (Å²) in [5.41, 5.74) is 1.72. The Balaban J connectivity index is 2.13. The highest BCUT2D eigenvalue weighted by Gasteiger charge is 2.10. The number of halogens is 2. The van der Waals surface area contributed by atoms with E-state index in [0.29, 0.717) is 16.8 Å². The van der Waals surface area contributed by atoms with Gasteiger partial charge in [-0.25, -0.2) is 4.39 Å². The fraction of sp³-hybridized carbons (Fsp3) is 0.250. The molecule has 0 bridgehead atoms. The largest absolute Gasteiger partial charge is 0.488 e. The average molecular weight is 300 g/mol. The van der Waals surface area contributed by atoms with Crippen LogP contribution in [-0.2, 0) is 6.61 Å². The number of hydrogen-bond acceptors (Lipinski definition) is 3. The molecule has 0 atom stereocenters. The van der Waals surface area contributed by atoms with Crippen LogP contribution in [0.4, 0.5) is 4.39 Å². The van der Waals surface area contributed by atoms with E-state index in [1.54, 1.807) is 6.07 Å². The van der Waals surface area contributed by atoms with E-state index in [2.05, 4.69) is 21.1 Å². The van der Waals surface area contributed by atoms with Gasteiger partial charge in [-0.2, -0.15) is 0 Å². The fourth-order valence-electron chi connectivity index (χ4n) is 1.45. The summed E-state index contributed by atoms with van der Waals surface area (Å²) in [5, 5.41) is 3.84. The van der Waals surface area contributed by atoms with Gasteiger partial charge in [-0.15, -0.1) is 0 Å². The molecule has 1 aromatic heterocycles. The van der Waals surface area contributed by atoms with Gasteiger partial charge in [-0.05, 0) is 48.0 Å². The van der Waals surface area contributed by atoms with E-state index in [0.717, 1.165) is 17.0 Å². The summed E-state index contributed by atoms with van der Waals surface area (Å²) >= 11 is 3.24. The van der Waals surface area contributed by atoms with Crippen molar-refractivity contribution in [3.8, 4) is 5.75 Å². The van der Waals surface area contributed by atoms with E-state index in [9.17, 15) is 4.39 Å². The molecule has 1 heterocycles. The van der Waals surface area contributed by atoms with Crippen LogP contribution in [0.2, 0.25) is 0 Å². The molecule has 90 valence electrons. The second-order valence-electron chi connectivity index (χ2n) is 3.67. The predicted octanol–water partition coefficient (Wildman–Crippen LogP) is 3.77. The van der Waals surface area contributed by atoms with Gasteiger partial charge in [-0.3, -0.25) is 0 Å². The molecule has 0 aliphatic rings. The number of hydrogen-bond donors (Lipinski definition) is 0. The van der Waals surface area contributed by atoms with Gasteiger partial charge in [0.15, 0.2) is 0 Å². The van der Waals surface area contributed by atoms with Gasteiger partial charge in [0.25, 0.3) is 0 Å². The van der Waals surface area contributed by atoms with Gasteiger partial charge in [0.1, 0.15) is 23.9 Å². The van der Waals surface area contributed by atoms with Crippen molar-refractivity contribution in [2.75, 3.05) is 0 Å². The van der Waals surface area contributed by atoms with Crippen molar-refractivity contribution in [1.82, 2.24) is 5.16 Å². The lowest BCUT2D eigenvalue weighted by Crippen LogP contribution is -1.98. The van der Waals surface area contributed by atoms with Gasteiger partial charge in [0, 0.05) is 0 Å². The Kier molecular flexibility index (Phi) is 3.47. The van der Waals surface area contributed by atoms with Crippen LogP contribution in [0.15, 0.2) is 27.2 Å². The summed E-state index contributed by atoms with van der Waals surface area (Å²) in [5.74, 6) is 1.02. The molecule has 0 amide bonds. The number of aryl methyl sites for hydroxylation is 2. The van der Waals surface area contributed by atoms with E-state index >= 15 is 0 Å². The maximum Gasteiger partial charge on any atom is 0.140 e. The first-order chi connectivity index (χ1) is 8.08. The summed E-state index contributed by atoms with van der Waals surface area (Å²) in [6.45, 7) is 4.04. The second-order valence-corrected chi connectivity index (χ2v) is 4.52. The van der Waals surface area contributed by atoms with Crippen LogP contribution in [0.5, 0.6) is 5.75 Å². The van der Waals surface area contributed by atoms with Crippen LogP contribution in [0.25, 0.3) is 0 Å². The molecule has 0 aliphatic carbocycles. The topological polar surface area (TPSA) is 35.3 Å². The van der Waals surface area contributed by atoms with Crippen LogP contribution in [0, 0.1) is 19.7 Å². The van der Waals surface area contributed by atoms with Crippen molar-refractivity contribution in [1.29, 1.82) is 0 Å². The van der Waals surface area contributed by atoms with E-state index in [1.807, 2.05) is 13.8 Å². The standard InChI is InChI=1S/C12H11BrFNO2/c1-7-10(8(2)17-15-7)6-16-12-4-3-9(14)5-11(12)13/h3-5H,6H2,1-2H3. The molecule has 0 unspecified atom stereocenters. The Morgan fingerprint density at radius 2 is 2.18 bits per heavy atom. The summed E-state index contributed by atoms with van der Waals surface area (Å²) < 4.78 is 24.1. The summed E-state index contributed by atoms with van der Waals surface area (Å²) in [6.07, 6.45) is 0. The highest BCUT2D eigenvalue weighted by atomic mass is 79.9. The third-order valence-corrected chi connectivity index (χ3v) is 3.07. The maximum absolute atomic E-state index is 12.9. The fourth-order valence-corrected chi connectivity index (χ4v) is 1.92. The quantitative estimate of drug-likeness (QED) is 0.865. The molecule has 0 saturated heterocycles. The molecule has 0 radical (unpaired) electrons. The first-order valence-electron chi connectivity index (χ1n) is 5.07. The van der Waals surface area contributed by atoms with Crippen molar-refractivity contribution in [2.45, 2.75) is 20.5 Å². The van der Waals surface area contributed by atoms with Gasteiger partial charge in [0.05, 0.1) is 15.7 Å². The molecule has 0 fully saturated rings. The third kappa shape index (κ3) is 2.66. The van der Waals surface area contributed by atoms with Crippen LogP contribution >= 0.6 is 15.9 Å². The molecule has 3 nitrogen and oxygen atoms in total. The normalized spacial score (nSPS) is 10.6. The van der Waals surface area contributed by atoms with E-state index in [4.69, 9.17) is 9.26 Å². The molecule has 0 spiro atoms. The molecule has 17 heavy (non-hydrogen) atoms. The predicted molar refractivity (Wildman–Crippen MR) is 64.4 cm³/mol. The maximum atomic E-state index is 12.9. The van der Waals surface area contributed by atoms with Gasteiger partial charge < -0.3 is 9.26 Å². The molecule has 0 N–H and O–H groups in total. The second kappa shape index (κ2) is 4.87. The minimum absolute atomic E-state index is 0.304. The molecular formula is C12H11BrFNO2. The zero-order valence-electron chi connectivity index (χ0n) is 9.46. The van der Waals surface area contributed by atoms with E-state index < -0.39 is 0 Å². The molecular weight excluding hydrogens is 289 g/mol. The number of rotatable bonds is 3. The lowest BCUT2D eigenvalue weighted by molar-refractivity contribution is 0.299. The molecule has 2 rings (SSSR count). The van der Waals surface area contributed by atoms with Gasteiger partial charge in [-0.1, -0.05) is 5.16 Å². The van der Waals surface area contributed by atoms with Crippen molar-refractivity contribution >= 4 is 15.9 Å². The van der Waals surface area contributed by atoms with Crippen LogP contribution < -0.4 is 4.74 Å².